The highest BCUT2D eigenvalue weighted by Gasteiger charge is 2.26. The van der Waals surface area contributed by atoms with Crippen LogP contribution in [0.2, 0.25) is 0 Å². The number of nitrogens with one attached hydrogen (secondary N) is 2. The van der Waals surface area contributed by atoms with Crippen LogP contribution in [0.5, 0.6) is 0 Å². The topological polar surface area (TPSA) is 75.3 Å². The quantitative estimate of drug-likeness (QED) is 0.844. The van der Waals surface area contributed by atoms with Gasteiger partial charge in [-0.15, -0.1) is 0 Å². The zero-order valence-corrected chi connectivity index (χ0v) is 15.8. The second-order valence-corrected chi connectivity index (χ2v) is 8.65. The fourth-order valence-electron chi connectivity index (χ4n) is 3.35. The first kappa shape index (κ1) is 18.6. The molecule has 0 saturated heterocycles. The fourth-order valence-corrected chi connectivity index (χ4v) is 4.60. The number of sulfonamides is 1. The number of carbonyl (C=O) groups excluding carboxylic acids is 1. The summed E-state index contributed by atoms with van der Waals surface area (Å²) in [5.41, 5.74) is 2.93. The Balaban J connectivity index is 1.73. The molecule has 0 radical (unpaired) electrons. The number of fused-ring (bicyclic) bond motifs is 1. The van der Waals surface area contributed by atoms with Crippen molar-refractivity contribution in [3.63, 3.8) is 0 Å². The van der Waals surface area contributed by atoms with E-state index >= 15 is 0 Å². The lowest BCUT2D eigenvalue weighted by Gasteiger charge is -2.24. The molecule has 1 amide bonds. The molecule has 0 saturated carbocycles. The molecular weight excluding hydrogens is 348 g/mol. The zero-order valence-electron chi connectivity index (χ0n) is 15.0. The number of carbonyl (C=O) groups is 1. The molecule has 1 unspecified atom stereocenters. The Morgan fingerprint density at radius 3 is 2.46 bits per heavy atom. The summed E-state index contributed by atoms with van der Waals surface area (Å²) in [6.45, 7) is 3.54. The summed E-state index contributed by atoms with van der Waals surface area (Å²) in [6.07, 6.45) is 2.83. The van der Waals surface area contributed by atoms with Crippen molar-refractivity contribution in [3.05, 3.63) is 59.7 Å². The minimum absolute atomic E-state index is 0.0481. The van der Waals surface area contributed by atoms with Gasteiger partial charge < -0.3 is 5.32 Å². The Kier molecular flexibility index (Phi) is 5.44. The maximum atomic E-state index is 12.7. The van der Waals surface area contributed by atoms with E-state index in [4.69, 9.17) is 0 Å². The first-order valence-corrected chi connectivity index (χ1v) is 10.4. The molecule has 2 N–H and O–H groups in total. The van der Waals surface area contributed by atoms with Crippen LogP contribution >= 0.6 is 0 Å². The number of amides is 1. The van der Waals surface area contributed by atoms with Gasteiger partial charge in [0, 0.05) is 11.7 Å². The molecule has 6 heteroatoms. The van der Waals surface area contributed by atoms with Crippen molar-refractivity contribution in [2.45, 2.75) is 50.0 Å². The van der Waals surface area contributed by atoms with Crippen molar-refractivity contribution >= 4 is 21.6 Å². The summed E-state index contributed by atoms with van der Waals surface area (Å²) in [5.74, 6) is -0.209. The second-order valence-electron chi connectivity index (χ2n) is 6.93. The number of aryl methyl sites for hydroxylation is 1. The molecule has 26 heavy (non-hydrogen) atoms. The van der Waals surface area contributed by atoms with Crippen LogP contribution in [0, 0.1) is 0 Å². The molecule has 1 aliphatic carbocycles. The van der Waals surface area contributed by atoms with Gasteiger partial charge in [0.1, 0.15) is 0 Å². The fraction of sp³-hybridized carbons (Fsp3) is 0.350. The standard InChI is InChI=1S/C20H24N2O3S/c1-14(2)22-26(24,25)17-12-10-16(11-13-17)21-20(23)19-9-5-7-15-6-3-4-8-18(15)19/h3-4,6,8,10-14,19,22H,5,7,9H2,1-2H3,(H,21,23). The molecule has 0 spiro atoms. The van der Waals surface area contributed by atoms with E-state index in [-0.39, 0.29) is 22.8 Å². The van der Waals surface area contributed by atoms with Gasteiger partial charge in [0.2, 0.25) is 15.9 Å². The van der Waals surface area contributed by atoms with Gasteiger partial charge >= 0.3 is 0 Å². The summed E-state index contributed by atoms with van der Waals surface area (Å²) in [5, 5.41) is 2.92. The van der Waals surface area contributed by atoms with E-state index in [2.05, 4.69) is 16.1 Å². The van der Waals surface area contributed by atoms with Crippen LogP contribution in [-0.2, 0) is 21.2 Å². The number of anilines is 1. The SMILES string of the molecule is CC(C)NS(=O)(=O)c1ccc(NC(=O)C2CCCc3ccccc32)cc1. The lowest BCUT2D eigenvalue weighted by molar-refractivity contribution is -0.117. The normalized spacial score (nSPS) is 17.0. The number of rotatable bonds is 5. The lowest BCUT2D eigenvalue weighted by atomic mass is 9.82. The maximum absolute atomic E-state index is 12.7. The third kappa shape index (κ3) is 4.14. The highest BCUT2D eigenvalue weighted by atomic mass is 32.2. The largest absolute Gasteiger partial charge is 0.326 e. The predicted octanol–water partition coefficient (Wildman–Crippen LogP) is 3.43. The molecule has 0 aliphatic heterocycles. The Hall–Kier alpha value is -2.18. The molecule has 5 nitrogen and oxygen atoms in total. The maximum Gasteiger partial charge on any atom is 0.240 e. The van der Waals surface area contributed by atoms with E-state index in [1.807, 2.05) is 18.2 Å². The smallest absolute Gasteiger partial charge is 0.240 e. The van der Waals surface area contributed by atoms with Crippen LogP contribution < -0.4 is 10.0 Å². The van der Waals surface area contributed by atoms with Crippen LogP contribution in [-0.4, -0.2) is 20.4 Å². The molecule has 2 aromatic rings. The molecule has 138 valence electrons. The molecular formula is C20H24N2O3S. The Morgan fingerprint density at radius 1 is 1.08 bits per heavy atom. The summed E-state index contributed by atoms with van der Waals surface area (Å²) < 4.78 is 26.9. The van der Waals surface area contributed by atoms with Crippen molar-refractivity contribution in [3.8, 4) is 0 Å². The van der Waals surface area contributed by atoms with Crippen LogP contribution in [0.25, 0.3) is 0 Å². The van der Waals surface area contributed by atoms with Crippen molar-refractivity contribution in [2.75, 3.05) is 5.32 Å². The summed E-state index contributed by atoms with van der Waals surface area (Å²) in [7, 11) is -3.53. The number of benzene rings is 2. The van der Waals surface area contributed by atoms with Crippen LogP contribution in [0.4, 0.5) is 5.69 Å². The predicted molar refractivity (Wildman–Crippen MR) is 103 cm³/mol. The molecule has 1 atom stereocenters. The number of hydrogen-bond donors (Lipinski definition) is 2. The van der Waals surface area contributed by atoms with Crippen LogP contribution in [0.1, 0.15) is 43.7 Å². The second kappa shape index (κ2) is 7.60. The third-order valence-corrected chi connectivity index (χ3v) is 6.18. The van der Waals surface area contributed by atoms with E-state index in [0.717, 1.165) is 24.8 Å². The Labute approximate surface area is 154 Å². The van der Waals surface area contributed by atoms with Gasteiger partial charge in [-0.2, -0.15) is 0 Å². The molecule has 0 aromatic heterocycles. The van der Waals surface area contributed by atoms with E-state index in [9.17, 15) is 13.2 Å². The molecule has 1 aliphatic rings. The van der Waals surface area contributed by atoms with E-state index in [1.165, 1.54) is 17.7 Å². The first-order valence-electron chi connectivity index (χ1n) is 8.88. The van der Waals surface area contributed by atoms with E-state index in [1.54, 1.807) is 26.0 Å². The molecule has 2 aromatic carbocycles. The van der Waals surface area contributed by atoms with Gasteiger partial charge in [-0.05, 0) is 68.5 Å². The minimum atomic E-state index is -3.53. The highest BCUT2D eigenvalue weighted by molar-refractivity contribution is 7.89. The van der Waals surface area contributed by atoms with Crippen molar-refractivity contribution in [1.29, 1.82) is 0 Å². The van der Waals surface area contributed by atoms with Crippen molar-refractivity contribution in [1.82, 2.24) is 4.72 Å². The minimum Gasteiger partial charge on any atom is -0.326 e. The summed E-state index contributed by atoms with van der Waals surface area (Å²) in [4.78, 5) is 12.9. The monoisotopic (exact) mass is 372 g/mol. The van der Waals surface area contributed by atoms with Gasteiger partial charge in [0.15, 0.2) is 0 Å². The first-order chi connectivity index (χ1) is 12.4. The highest BCUT2D eigenvalue weighted by Crippen LogP contribution is 2.32. The Bertz CT molecular complexity index is 890. The van der Waals surface area contributed by atoms with Crippen LogP contribution in [0.3, 0.4) is 0 Å². The molecule has 3 rings (SSSR count). The molecule has 0 heterocycles. The third-order valence-electron chi connectivity index (χ3n) is 4.51. The van der Waals surface area contributed by atoms with E-state index in [0.29, 0.717) is 5.69 Å². The van der Waals surface area contributed by atoms with Gasteiger partial charge in [-0.3, -0.25) is 4.79 Å². The van der Waals surface area contributed by atoms with E-state index < -0.39 is 10.0 Å². The van der Waals surface area contributed by atoms with Gasteiger partial charge in [0.25, 0.3) is 0 Å². The summed E-state index contributed by atoms with van der Waals surface area (Å²) >= 11 is 0. The number of hydrogen-bond acceptors (Lipinski definition) is 3. The average molecular weight is 372 g/mol. The molecule has 0 fully saturated rings. The van der Waals surface area contributed by atoms with Gasteiger partial charge in [0.05, 0.1) is 10.8 Å². The summed E-state index contributed by atoms with van der Waals surface area (Å²) in [6, 6.07) is 14.2. The molecule has 0 bridgehead atoms. The zero-order chi connectivity index (χ0) is 18.7. The average Bonchev–Trinajstić information content (AvgIpc) is 2.60. The van der Waals surface area contributed by atoms with Gasteiger partial charge in [-0.1, -0.05) is 24.3 Å². The van der Waals surface area contributed by atoms with Gasteiger partial charge in [-0.25, -0.2) is 13.1 Å². The van der Waals surface area contributed by atoms with Crippen molar-refractivity contribution < 1.29 is 13.2 Å². The van der Waals surface area contributed by atoms with Crippen molar-refractivity contribution in [2.24, 2.45) is 0 Å². The van der Waals surface area contributed by atoms with Crippen LogP contribution in [0.15, 0.2) is 53.4 Å². The lowest BCUT2D eigenvalue weighted by Crippen LogP contribution is -2.30. The Morgan fingerprint density at radius 2 is 1.77 bits per heavy atom.